The van der Waals surface area contributed by atoms with E-state index in [0.717, 1.165) is 35.2 Å². The molecule has 31 heavy (non-hydrogen) atoms. The Balaban J connectivity index is 1.39. The molecule has 0 saturated carbocycles. The Kier molecular flexibility index (Phi) is 5.73. The fourth-order valence-electron chi connectivity index (χ4n) is 2.46. The molecule has 0 radical (unpaired) electrons. The normalized spacial score (nSPS) is 11.6. The van der Waals surface area contributed by atoms with Gasteiger partial charge in [-0.15, -0.1) is 18.3 Å². The number of rotatable bonds is 6. The number of alkyl halides is 3. The maximum Gasteiger partial charge on any atom is 0.573 e. The first-order valence-electron chi connectivity index (χ1n) is 8.40. The highest BCUT2D eigenvalue weighted by Crippen LogP contribution is 2.27. The van der Waals surface area contributed by atoms with Crippen LogP contribution in [0.2, 0.25) is 0 Å². The Labute approximate surface area is 179 Å². The number of benzene rings is 2. The second-order valence-corrected chi connectivity index (χ2v) is 7.86. The number of halogens is 4. The van der Waals surface area contributed by atoms with Crippen molar-refractivity contribution in [2.24, 2.45) is 0 Å². The van der Waals surface area contributed by atoms with Gasteiger partial charge in [0.1, 0.15) is 11.6 Å². The monoisotopic (exact) mass is 470 g/mol. The van der Waals surface area contributed by atoms with E-state index in [1.807, 2.05) is 0 Å². The summed E-state index contributed by atoms with van der Waals surface area (Å²) in [5, 5.41) is 14.3. The van der Waals surface area contributed by atoms with Gasteiger partial charge in [-0.25, -0.2) is 9.37 Å². The Morgan fingerprint density at radius 3 is 2.71 bits per heavy atom. The number of hydrogen-bond donors (Lipinski definition) is 1. The first-order valence-corrected chi connectivity index (χ1v) is 10.2. The van der Waals surface area contributed by atoms with Gasteiger partial charge in [0.05, 0.1) is 21.7 Å². The minimum atomic E-state index is -4.79. The van der Waals surface area contributed by atoms with Crippen LogP contribution >= 0.6 is 23.1 Å². The molecule has 160 valence electrons. The van der Waals surface area contributed by atoms with Crippen molar-refractivity contribution in [1.29, 1.82) is 0 Å². The molecule has 0 unspecified atom stereocenters. The summed E-state index contributed by atoms with van der Waals surface area (Å²) in [6.45, 7) is 0. The molecule has 4 rings (SSSR count). The third-order valence-corrected chi connectivity index (χ3v) is 5.54. The lowest BCUT2D eigenvalue weighted by atomic mass is 10.3. The predicted molar refractivity (Wildman–Crippen MR) is 105 cm³/mol. The van der Waals surface area contributed by atoms with Crippen molar-refractivity contribution in [1.82, 2.24) is 25.2 Å². The van der Waals surface area contributed by atoms with Gasteiger partial charge in [0.2, 0.25) is 11.1 Å². The molecule has 8 nitrogen and oxygen atoms in total. The molecular weight excluding hydrogens is 460 g/mol. The summed E-state index contributed by atoms with van der Waals surface area (Å²) in [6.07, 6.45) is -4.79. The van der Waals surface area contributed by atoms with E-state index in [9.17, 15) is 22.4 Å². The highest BCUT2D eigenvalue weighted by Gasteiger charge is 2.31. The van der Waals surface area contributed by atoms with Crippen LogP contribution in [-0.4, -0.2) is 43.2 Å². The van der Waals surface area contributed by atoms with Crippen molar-refractivity contribution >= 4 is 44.4 Å². The number of carbonyl (C=O) groups excluding carboxylic acids is 1. The summed E-state index contributed by atoms with van der Waals surface area (Å²) >= 11 is 2.16. The average Bonchev–Trinajstić information content (AvgIpc) is 3.31. The Hall–Kier alpha value is -3.26. The van der Waals surface area contributed by atoms with E-state index in [1.165, 1.54) is 35.0 Å². The molecule has 0 atom stereocenters. The molecule has 4 aromatic rings. The van der Waals surface area contributed by atoms with Crippen molar-refractivity contribution in [2.75, 3.05) is 11.1 Å². The molecule has 0 aliphatic heterocycles. The SMILES string of the molecule is O=C(CSc1nnnn1-c1ccc(OC(F)(F)F)cc1)Nc1nc2ccc(F)cc2s1. The van der Waals surface area contributed by atoms with Gasteiger partial charge >= 0.3 is 6.36 Å². The van der Waals surface area contributed by atoms with Gasteiger partial charge in [0.15, 0.2) is 5.13 Å². The van der Waals surface area contributed by atoms with E-state index in [0.29, 0.717) is 21.0 Å². The smallest absolute Gasteiger partial charge is 0.406 e. The highest BCUT2D eigenvalue weighted by molar-refractivity contribution is 7.99. The quantitative estimate of drug-likeness (QED) is 0.336. The first kappa shape index (κ1) is 21.0. The number of hydrogen-bond acceptors (Lipinski definition) is 8. The standard InChI is InChI=1S/C17H10F4N6O2S2/c18-9-1-6-12-13(7-9)31-15(22-12)23-14(28)8-30-16-24-25-26-27(16)10-2-4-11(5-3-10)29-17(19,20)21/h1-7H,8H2,(H,22,23,28). The van der Waals surface area contributed by atoms with Crippen LogP contribution in [0.25, 0.3) is 15.9 Å². The number of nitrogens with one attached hydrogen (secondary N) is 1. The third-order valence-electron chi connectivity index (χ3n) is 3.68. The zero-order chi connectivity index (χ0) is 22.0. The number of tetrazole rings is 1. The number of ether oxygens (including phenoxy) is 1. The molecule has 2 aromatic carbocycles. The van der Waals surface area contributed by atoms with E-state index in [2.05, 4.69) is 30.6 Å². The lowest BCUT2D eigenvalue weighted by Gasteiger charge is -2.09. The fourth-order valence-corrected chi connectivity index (χ4v) is 4.06. The summed E-state index contributed by atoms with van der Waals surface area (Å²) < 4.78 is 55.8. The van der Waals surface area contributed by atoms with E-state index in [4.69, 9.17) is 0 Å². The van der Waals surface area contributed by atoms with Crippen LogP contribution in [0.15, 0.2) is 47.6 Å². The summed E-state index contributed by atoms with van der Waals surface area (Å²) in [5.41, 5.74) is 0.951. The summed E-state index contributed by atoms with van der Waals surface area (Å²) in [7, 11) is 0. The van der Waals surface area contributed by atoms with Crippen molar-refractivity contribution in [3.63, 3.8) is 0 Å². The number of nitrogens with zero attached hydrogens (tertiary/aromatic N) is 5. The zero-order valence-corrected chi connectivity index (χ0v) is 16.8. The molecule has 0 saturated heterocycles. The van der Waals surface area contributed by atoms with Crippen LogP contribution < -0.4 is 10.1 Å². The summed E-state index contributed by atoms with van der Waals surface area (Å²) in [5.74, 6) is -1.21. The Bertz CT molecular complexity index is 1230. The van der Waals surface area contributed by atoms with Gasteiger partial charge in [-0.3, -0.25) is 4.79 Å². The van der Waals surface area contributed by atoms with Gasteiger partial charge in [-0.2, -0.15) is 4.68 Å². The molecular formula is C17H10F4N6O2S2. The molecule has 1 amide bonds. The molecule has 0 aliphatic rings. The van der Waals surface area contributed by atoms with Crippen LogP contribution in [0, 0.1) is 5.82 Å². The van der Waals surface area contributed by atoms with Crippen LogP contribution in [-0.2, 0) is 4.79 Å². The summed E-state index contributed by atoms with van der Waals surface area (Å²) in [6, 6.07) is 9.08. The van der Waals surface area contributed by atoms with E-state index in [1.54, 1.807) is 0 Å². The van der Waals surface area contributed by atoms with Crippen molar-refractivity contribution in [3.05, 3.63) is 48.3 Å². The molecule has 0 spiro atoms. The lowest BCUT2D eigenvalue weighted by molar-refractivity contribution is -0.274. The van der Waals surface area contributed by atoms with Gasteiger partial charge in [0, 0.05) is 0 Å². The fraction of sp³-hybridized carbons (Fsp3) is 0.118. The van der Waals surface area contributed by atoms with E-state index >= 15 is 0 Å². The molecule has 1 N–H and O–H groups in total. The molecule has 0 fully saturated rings. The van der Waals surface area contributed by atoms with Crippen LogP contribution in [0.1, 0.15) is 0 Å². The molecule has 0 bridgehead atoms. The molecule has 14 heteroatoms. The first-order chi connectivity index (χ1) is 14.8. The topological polar surface area (TPSA) is 94.8 Å². The molecule has 0 aliphatic carbocycles. The Morgan fingerprint density at radius 1 is 1.19 bits per heavy atom. The number of thioether (sulfide) groups is 1. The van der Waals surface area contributed by atoms with Crippen LogP contribution in [0.3, 0.4) is 0 Å². The van der Waals surface area contributed by atoms with E-state index in [-0.39, 0.29) is 22.6 Å². The molecule has 2 aromatic heterocycles. The molecule has 2 heterocycles. The van der Waals surface area contributed by atoms with Gasteiger partial charge in [-0.05, 0) is 52.9 Å². The van der Waals surface area contributed by atoms with Gasteiger partial charge in [-0.1, -0.05) is 23.1 Å². The average molecular weight is 470 g/mol. The Morgan fingerprint density at radius 2 is 1.97 bits per heavy atom. The van der Waals surface area contributed by atoms with Crippen molar-refractivity contribution in [2.45, 2.75) is 11.5 Å². The zero-order valence-electron chi connectivity index (χ0n) is 15.1. The van der Waals surface area contributed by atoms with Crippen molar-refractivity contribution in [3.8, 4) is 11.4 Å². The third kappa shape index (κ3) is 5.27. The maximum absolute atomic E-state index is 13.3. The predicted octanol–water partition coefficient (Wildman–Crippen LogP) is 4.04. The minimum Gasteiger partial charge on any atom is -0.406 e. The largest absolute Gasteiger partial charge is 0.573 e. The van der Waals surface area contributed by atoms with Gasteiger partial charge < -0.3 is 10.1 Å². The van der Waals surface area contributed by atoms with Gasteiger partial charge in [0.25, 0.3) is 0 Å². The number of amides is 1. The second kappa shape index (κ2) is 8.47. The lowest BCUT2D eigenvalue weighted by Crippen LogP contribution is -2.17. The number of thiazole rings is 1. The van der Waals surface area contributed by atoms with Crippen LogP contribution in [0.4, 0.5) is 22.7 Å². The minimum absolute atomic E-state index is 0.0556. The second-order valence-electron chi connectivity index (χ2n) is 5.88. The number of aromatic nitrogens is 5. The highest BCUT2D eigenvalue weighted by atomic mass is 32.2. The number of carbonyl (C=O) groups is 1. The number of fused-ring (bicyclic) bond motifs is 1. The maximum atomic E-state index is 13.3. The number of anilines is 1. The van der Waals surface area contributed by atoms with Crippen molar-refractivity contribution < 1.29 is 27.1 Å². The van der Waals surface area contributed by atoms with E-state index < -0.39 is 12.2 Å². The van der Waals surface area contributed by atoms with Crippen LogP contribution in [0.5, 0.6) is 5.75 Å². The summed E-state index contributed by atoms with van der Waals surface area (Å²) in [4.78, 5) is 16.4.